The van der Waals surface area contributed by atoms with E-state index in [4.69, 9.17) is 5.41 Å². The molecule has 0 bridgehead atoms. The zero-order valence-electron chi connectivity index (χ0n) is 22.2. The number of hydrogen-bond donors (Lipinski definition) is 3. The van der Waals surface area contributed by atoms with Crippen molar-refractivity contribution in [1.82, 2.24) is 24.8 Å². The van der Waals surface area contributed by atoms with Crippen LogP contribution in [0.4, 0.5) is 18.9 Å². The molecule has 1 fully saturated rings. The van der Waals surface area contributed by atoms with Gasteiger partial charge in [-0.25, -0.2) is 4.98 Å². The fourth-order valence-electron chi connectivity index (χ4n) is 4.47. The maximum atomic E-state index is 13.7. The number of likely N-dealkylation sites (tertiary alicyclic amines) is 1. The lowest BCUT2D eigenvalue weighted by Crippen LogP contribution is -2.41. The summed E-state index contributed by atoms with van der Waals surface area (Å²) >= 11 is 0. The first kappa shape index (κ1) is 28.7. The van der Waals surface area contributed by atoms with E-state index in [0.717, 1.165) is 44.3 Å². The molecule has 0 radical (unpaired) electrons. The first-order valence-corrected chi connectivity index (χ1v) is 12.7. The van der Waals surface area contributed by atoms with Crippen molar-refractivity contribution in [2.24, 2.45) is 0 Å². The van der Waals surface area contributed by atoms with Gasteiger partial charge in [0.05, 0.1) is 17.3 Å². The van der Waals surface area contributed by atoms with Crippen molar-refractivity contribution in [3.8, 4) is 11.8 Å². The number of hydrogen-bond acceptors (Lipinski definition) is 6. The molecule has 0 unspecified atom stereocenters. The monoisotopic (exact) mass is 549 g/mol. The minimum atomic E-state index is -4.55. The van der Waals surface area contributed by atoms with Crippen molar-refractivity contribution in [3.63, 3.8) is 0 Å². The third kappa shape index (κ3) is 7.88. The molecule has 1 saturated heterocycles. The number of piperidine rings is 1. The van der Waals surface area contributed by atoms with Crippen LogP contribution in [0.3, 0.4) is 0 Å². The number of anilines is 1. The summed E-state index contributed by atoms with van der Waals surface area (Å²) in [4.78, 5) is 28.4. The molecule has 4 rings (SSSR count). The van der Waals surface area contributed by atoms with E-state index in [1.807, 2.05) is 14.1 Å². The number of pyridine rings is 1. The van der Waals surface area contributed by atoms with E-state index in [1.54, 1.807) is 12.1 Å². The second-order valence-electron chi connectivity index (χ2n) is 9.76. The van der Waals surface area contributed by atoms with Crippen molar-refractivity contribution >= 4 is 23.9 Å². The number of allylic oxidation sites excluding steroid dienone is 1. The summed E-state index contributed by atoms with van der Waals surface area (Å²) in [5.41, 5.74) is 0.885. The fourth-order valence-corrected chi connectivity index (χ4v) is 4.47. The molecule has 3 aromatic rings. The Hall–Kier alpha value is -4.27. The van der Waals surface area contributed by atoms with Gasteiger partial charge in [0, 0.05) is 42.4 Å². The van der Waals surface area contributed by atoms with Crippen LogP contribution < -0.4 is 5.32 Å². The van der Waals surface area contributed by atoms with Gasteiger partial charge in [-0.05, 0) is 87.9 Å². The average molecular weight is 550 g/mol. The van der Waals surface area contributed by atoms with Gasteiger partial charge >= 0.3 is 6.18 Å². The van der Waals surface area contributed by atoms with Gasteiger partial charge in [-0.15, -0.1) is 0 Å². The van der Waals surface area contributed by atoms with Gasteiger partial charge in [0.15, 0.2) is 0 Å². The van der Waals surface area contributed by atoms with Crippen molar-refractivity contribution in [3.05, 3.63) is 82.7 Å². The summed E-state index contributed by atoms with van der Waals surface area (Å²) in [6, 6.07) is 5.66. The molecule has 1 aliphatic rings. The van der Waals surface area contributed by atoms with Crippen LogP contribution in [-0.2, 0) is 12.7 Å². The molecule has 1 aromatic carbocycles. The third-order valence-electron chi connectivity index (χ3n) is 6.56. The summed E-state index contributed by atoms with van der Waals surface area (Å²) < 4.78 is 41.1. The maximum Gasteiger partial charge on any atom is 0.416 e. The number of nitrogens with one attached hydrogen (secondary N) is 3. The van der Waals surface area contributed by atoms with Crippen LogP contribution in [0.5, 0.6) is 0 Å². The Labute approximate surface area is 230 Å². The Morgan fingerprint density at radius 3 is 2.65 bits per heavy atom. The molecule has 208 valence electrons. The Balaban J connectivity index is 1.48. The van der Waals surface area contributed by atoms with Crippen LogP contribution in [0.2, 0.25) is 0 Å². The quantitative estimate of drug-likeness (QED) is 0.294. The summed E-state index contributed by atoms with van der Waals surface area (Å²) in [7, 11) is 4.07. The van der Waals surface area contributed by atoms with Gasteiger partial charge in [-0.2, -0.15) is 13.2 Å². The minimum absolute atomic E-state index is 0.0671. The maximum absolute atomic E-state index is 13.7. The van der Waals surface area contributed by atoms with Gasteiger partial charge in [0.1, 0.15) is 11.5 Å². The number of alkyl halides is 3. The molecule has 0 spiro atoms. The standard InChI is InChI=1S/C29H30F3N7O/c1-38(2)26-7-10-39(11-8-26)19-21-13-23(29(30,31)32)15-25(14-21)37-28(40)22-12-20(16-34-17-22)5-6-24-18-35-27(36-24)4-3-9-33/h3-4,9,12-18,26,33H,7-8,10-11,19H2,1-2H3,(H,35,36)(H,37,40)/b4-3-,33-9?. The van der Waals surface area contributed by atoms with Crippen molar-refractivity contribution < 1.29 is 18.0 Å². The SMILES string of the molecule is CN(C)C1CCN(Cc2cc(NC(=O)c3cncc(C#Cc4cnc(/C=C\C=N)[nH]4)c3)cc(C(F)(F)F)c2)CC1. The molecule has 8 nitrogen and oxygen atoms in total. The van der Waals surface area contributed by atoms with Crippen molar-refractivity contribution in [1.29, 1.82) is 5.41 Å². The zero-order valence-corrected chi connectivity index (χ0v) is 22.2. The lowest BCUT2D eigenvalue weighted by Gasteiger charge is -2.35. The predicted molar refractivity (Wildman–Crippen MR) is 148 cm³/mol. The van der Waals surface area contributed by atoms with E-state index in [0.29, 0.717) is 35.2 Å². The van der Waals surface area contributed by atoms with E-state index < -0.39 is 17.6 Å². The van der Waals surface area contributed by atoms with Crippen molar-refractivity contribution in [2.75, 3.05) is 32.5 Å². The zero-order chi connectivity index (χ0) is 28.7. The number of imidazole rings is 1. The Bertz CT molecular complexity index is 1440. The van der Waals surface area contributed by atoms with Gasteiger partial charge in [0.2, 0.25) is 0 Å². The number of nitrogens with zero attached hydrogens (tertiary/aromatic N) is 4. The Morgan fingerprint density at radius 2 is 1.95 bits per heavy atom. The lowest BCUT2D eigenvalue weighted by atomic mass is 10.0. The predicted octanol–water partition coefficient (Wildman–Crippen LogP) is 4.66. The normalized spacial score (nSPS) is 14.8. The molecule has 0 aliphatic carbocycles. The molecular weight excluding hydrogens is 519 g/mol. The third-order valence-corrected chi connectivity index (χ3v) is 6.56. The highest BCUT2D eigenvalue weighted by Gasteiger charge is 2.32. The Morgan fingerprint density at radius 1 is 1.18 bits per heavy atom. The summed E-state index contributed by atoms with van der Waals surface area (Å²) in [5, 5.41) is 9.62. The van der Waals surface area contributed by atoms with Crippen molar-refractivity contribution in [2.45, 2.75) is 31.6 Å². The van der Waals surface area contributed by atoms with E-state index in [1.165, 1.54) is 30.7 Å². The fraction of sp³-hybridized carbons (Fsp3) is 0.310. The van der Waals surface area contributed by atoms with Gasteiger partial charge < -0.3 is 20.6 Å². The van der Waals surface area contributed by atoms with Crippen LogP contribution in [0.1, 0.15) is 51.4 Å². The molecule has 40 heavy (non-hydrogen) atoms. The van der Waals surface area contributed by atoms with E-state index in [-0.39, 0.29) is 11.3 Å². The molecular formula is C29H30F3N7O. The Kier molecular flexibility index (Phi) is 9.14. The number of amides is 1. The number of carbonyl (C=O) groups is 1. The van der Waals surface area contributed by atoms with Gasteiger partial charge in [0.25, 0.3) is 5.91 Å². The van der Waals surface area contributed by atoms with Crippen LogP contribution in [-0.4, -0.2) is 70.1 Å². The van der Waals surface area contributed by atoms with Crippen LogP contribution in [0, 0.1) is 17.3 Å². The van der Waals surface area contributed by atoms with E-state index >= 15 is 0 Å². The molecule has 3 N–H and O–H groups in total. The number of benzene rings is 1. The average Bonchev–Trinajstić information content (AvgIpc) is 3.38. The van der Waals surface area contributed by atoms with Gasteiger partial charge in [-0.3, -0.25) is 14.7 Å². The molecule has 11 heteroatoms. The molecule has 2 aromatic heterocycles. The summed E-state index contributed by atoms with van der Waals surface area (Å²) in [6.45, 7) is 1.95. The molecule has 1 aliphatic heterocycles. The highest BCUT2D eigenvalue weighted by molar-refractivity contribution is 6.04. The number of halogens is 3. The van der Waals surface area contributed by atoms with E-state index in [9.17, 15) is 18.0 Å². The minimum Gasteiger partial charge on any atom is -0.332 e. The molecule has 1 amide bonds. The largest absolute Gasteiger partial charge is 0.416 e. The second kappa shape index (κ2) is 12.7. The highest BCUT2D eigenvalue weighted by atomic mass is 19.4. The number of H-pyrrole nitrogens is 1. The molecule has 0 atom stereocenters. The molecule has 3 heterocycles. The first-order chi connectivity index (χ1) is 19.1. The van der Waals surface area contributed by atoms with E-state index in [2.05, 4.69) is 41.9 Å². The smallest absolute Gasteiger partial charge is 0.332 e. The number of aromatic nitrogens is 3. The first-order valence-electron chi connectivity index (χ1n) is 12.7. The summed E-state index contributed by atoms with van der Waals surface area (Å²) in [5.74, 6) is 5.73. The van der Waals surface area contributed by atoms with Crippen LogP contribution in [0.25, 0.3) is 6.08 Å². The summed E-state index contributed by atoms with van der Waals surface area (Å²) in [6.07, 6.45) is 5.97. The molecule has 0 saturated carbocycles. The van der Waals surface area contributed by atoms with Crippen LogP contribution >= 0.6 is 0 Å². The lowest BCUT2D eigenvalue weighted by molar-refractivity contribution is -0.137. The highest BCUT2D eigenvalue weighted by Crippen LogP contribution is 2.33. The van der Waals surface area contributed by atoms with Gasteiger partial charge in [-0.1, -0.05) is 5.92 Å². The number of rotatable bonds is 7. The van der Waals surface area contributed by atoms with Crippen LogP contribution in [0.15, 0.2) is 48.9 Å². The topological polar surface area (TPSA) is 101 Å². The second-order valence-corrected chi connectivity index (χ2v) is 9.76. The number of carbonyl (C=O) groups excluding carboxylic acids is 1. The number of aromatic amines is 1.